The Balaban J connectivity index is 4.00. The molecule has 0 fully saturated rings. The highest BCUT2D eigenvalue weighted by molar-refractivity contribution is 8.15. The molecule has 108 valence electrons. The molecule has 1 rings (SSSR count). The van der Waals surface area contributed by atoms with Crippen LogP contribution >= 0.6 is 32.0 Å². The Labute approximate surface area is 122 Å². The van der Waals surface area contributed by atoms with Crippen LogP contribution in [0.2, 0.25) is 0 Å². The van der Waals surface area contributed by atoms with Crippen LogP contribution in [0.25, 0.3) is 0 Å². The van der Waals surface area contributed by atoms with Gasteiger partial charge in [-0.3, -0.25) is 0 Å². The zero-order valence-corrected chi connectivity index (χ0v) is 13.1. The molecule has 19 heavy (non-hydrogen) atoms. The van der Waals surface area contributed by atoms with Gasteiger partial charge in [-0.25, -0.2) is 25.3 Å². The summed E-state index contributed by atoms with van der Waals surface area (Å²) in [6.07, 6.45) is 0. The fourth-order valence-electron chi connectivity index (χ4n) is 1.07. The van der Waals surface area contributed by atoms with Crippen LogP contribution in [0, 0.1) is 0 Å². The molecule has 0 aliphatic heterocycles. The van der Waals surface area contributed by atoms with Crippen molar-refractivity contribution in [2.24, 2.45) is 0 Å². The van der Waals surface area contributed by atoms with Crippen LogP contribution in [0.4, 0.5) is 0 Å². The fourth-order valence-corrected chi connectivity index (χ4v) is 3.99. The van der Waals surface area contributed by atoms with Gasteiger partial charge in [0.15, 0.2) is 5.75 Å². The molecule has 1 aromatic carbocycles. The largest absolute Gasteiger partial charge is 0.505 e. The van der Waals surface area contributed by atoms with Crippen LogP contribution in [0.1, 0.15) is 0 Å². The van der Waals surface area contributed by atoms with Crippen LogP contribution in [0.5, 0.6) is 5.75 Å². The van der Waals surface area contributed by atoms with Crippen LogP contribution < -0.4 is 0 Å². The third-order valence-corrected chi connectivity index (χ3v) is 5.82. The maximum absolute atomic E-state index is 11.1. The summed E-state index contributed by atoms with van der Waals surface area (Å²) in [5.41, 5.74) is 0. The molecule has 0 atom stereocenters. The Morgan fingerprint density at radius 1 is 0.737 bits per heavy atom. The number of halogens is 3. The van der Waals surface area contributed by atoms with Crippen LogP contribution in [0.3, 0.4) is 0 Å². The van der Waals surface area contributed by atoms with Gasteiger partial charge in [-0.15, -0.1) is 0 Å². The van der Waals surface area contributed by atoms with Gasteiger partial charge in [-0.2, -0.15) is 0 Å². The second-order valence-corrected chi connectivity index (χ2v) is 10.7. The van der Waals surface area contributed by atoms with Gasteiger partial charge in [0.1, 0.15) is 9.79 Å². The van der Waals surface area contributed by atoms with Gasteiger partial charge in [-0.1, -0.05) is 0 Å². The normalized spacial score (nSPS) is 13.4. The van der Waals surface area contributed by atoms with Gasteiger partial charge in [0.25, 0.3) is 27.2 Å². The number of rotatable bonds is 3. The third kappa shape index (κ3) is 3.86. The predicted molar refractivity (Wildman–Crippen MR) is 67.2 cm³/mol. The molecule has 0 spiro atoms. The molecular weight excluding hydrogens is 387 g/mol. The first-order valence-corrected chi connectivity index (χ1v) is 10.9. The maximum Gasteiger partial charge on any atom is 0.265 e. The molecule has 1 aromatic rings. The highest BCUT2D eigenvalue weighted by Gasteiger charge is 2.28. The van der Waals surface area contributed by atoms with Crippen molar-refractivity contribution >= 4 is 59.2 Å². The predicted octanol–water partition coefficient (Wildman–Crippen LogP) is 1.17. The lowest BCUT2D eigenvalue weighted by Gasteiger charge is -2.07. The van der Waals surface area contributed by atoms with E-state index in [2.05, 4.69) is 0 Å². The van der Waals surface area contributed by atoms with E-state index < -0.39 is 47.6 Å². The number of phenols is 1. The maximum atomic E-state index is 11.1. The van der Waals surface area contributed by atoms with Crippen molar-refractivity contribution in [2.45, 2.75) is 14.7 Å². The van der Waals surface area contributed by atoms with E-state index in [1.165, 1.54) is 0 Å². The van der Waals surface area contributed by atoms with E-state index in [1.54, 1.807) is 0 Å². The Bertz CT molecular complexity index is 785. The van der Waals surface area contributed by atoms with Crippen molar-refractivity contribution < 1.29 is 30.4 Å². The number of aromatic hydroxyl groups is 1. The molecule has 0 radical (unpaired) electrons. The zero-order valence-electron chi connectivity index (χ0n) is 8.41. The quantitative estimate of drug-likeness (QED) is 0.770. The minimum Gasteiger partial charge on any atom is -0.505 e. The van der Waals surface area contributed by atoms with Crippen LogP contribution in [-0.4, -0.2) is 30.4 Å². The average molecular weight is 390 g/mol. The van der Waals surface area contributed by atoms with E-state index in [0.717, 1.165) is 0 Å². The van der Waals surface area contributed by atoms with Gasteiger partial charge < -0.3 is 5.11 Å². The standard InChI is InChI=1S/C6H3Cl3O7S3/c7-17(11,12)3-1-4(18(8,13)14)6(10)5(2-3)19(9,15)16/h1-2,10H. The first kappa shape index (κ1) is 16.8. The number of phenolic OH excluding ortho intramolecular Hbond substituents is 1. The van der Waals surface area contributed by atoms with Gasteiger partial charge in [0, 0.05) is 32.0 Å². The summed E-state index contributed by atoms with van der Waals surface area (Å²) in [6.45, 7) is 0. The molecule has 0 unspecified atom stereocenters. The van der Waals surface area contributed by atoms with E-state index in [1.807, 2.05) is 0 Å². The Morgan fingerprint density at radius 3 is 1.26 bits per heavy atom. The molecule has 0 saturated heterocycles. The number of hydrogen-bond donors (Lipinski definition) is 1. The van der Waals surface area contributed by atoms with E-state index in [0.29, 0.717) is 12.1 Å². The summed E-state index contributed by atoms with van der Waals surface area (Å²) in [4.78, 5) is -3.18. The van der Waals surface area contributed by atoms with Gasteiger partial charge in [0.2, 0.25) is 0 Å². The zero-order chi connectivity index (χ0) is 15.2. The van der Waals surface area contributed by atoms with Crippen LogP contribution in [0.15, 0.2) is 26.8 Å². The van der Waals surface area contributed by atoms with E-state index in [9.17, 15) is 30.4 Å². The van der Waals surface area contributed by atoms with Crippen molar-refractivity contribution in [1.29, 1.82) is 0 Å². The van der Waals surface area contributed by atoms with Gasteiger partial charge in [-0.05, 0) is 12.1 Å². The molecule has 0 amide bonds. The number of benzene rings is 1. The molecule has 0 aliphatic carbocycles. The van der Waals surface area contributed by atoms with E-state index in [-0.39, 0.29) is 0 Å². The monoisotopic (exact) mass is 388 g/mol. The van der Waals surface area contributed by atoms with E-state index in [4.69, 9.17) is 32.0 Å². The minimum atomic E-state index is -4.62. The minimum absolute atomic E-state index is 0.408. The highest BCUT2D eigenvalue weighted by atomic mass is 35.7. The molecular formula is C6H3Cl3O7S3. The SMILES string of the molecule is O=S(=O)(Cl)c1cc(S(=O)(=O)Cl)c(O)c(S(=O)(=O)Cl)c1. The molecule has 0 aromatic heterocycles. The molecule has 0 heterocycles. The van der Waals surface area contributed by atoms with Crippen molar-refractivity contribution in [3.05, 3.63) is 12.1 Å². The molecule has 13 heteroatoms. The molecule has 0 bridgehead atoms. The lowest BCUT2D eigenvalue weighted by atomic mass is 10.3. The Morgan fingerprint density at radius 2 is 1.05 bits per heavy atom. The Kier molecular flexibility index (Phi) is 4.36. The third-order valence-electron chi connectivity index (χ3n) is 1.82. The summed E-state index contributed by atoms with van der Waals surface area (Å²) >= 11 is 0. The van der Waals surface area contributed by atoms with Crippen molar-refractivity contribution in [1.82, 2.24) is 0 Å². The number of hydrogen-bond acceptors (Lipinski definition) is 7. The second kappa shape index (κ2) is 4.93. The van der Waals surface area contributed by atoms with E-state index >= 15 is 0 Å². The smallest absolute Gasteiger partial charge is 0.265 e. The summed E-state index contributed by atoms with van der Waals surface area (Å²) < 4.78 is 66.8. The molecule has 7 nitrogen and oxygen atoms in total. The summed E-state index contributed by atoms with van der Waals surface area (Å²) in [5.74, 6) is -1.30. The van der Waals surface area contributed by atoms with Gasteiger partial charge in [0.05, 0.1) is 4.90 Å². The lowest BCUT2D eigenvalue weighted by Crippen LogP contribution is -2.02. The molecule has 0 aliphatic rings. The molecule has 1 N–H and O–H groups in total. The van der Waals surface area contributed by atoms with Gasteiger partial charge >= 0.3 is 0 Å². The molecule has 0 saturated carbocycles. The lowest BCUT2D eigenvalue weighted by molar-refractivity contribution is 0.442. The fraction of sp³-hybridized carbons (Fsp3) is 0. The van der Waals surface area contributed by atoms with Crippen molar-refractivity contribution in [2.75, 3.05) is 0 Å². The Hall–Kier alpha value is -0.260. The highest BCUT2D eigenvalue weighted by Crippen LogP contribution is 2.37. The van der Waals surface area contributed by atoms with Crippen LogP contribution in [-0.2, 0) is 27.2 Å². The average Bonchev–Trinajstić information content (AvgIpc) is 2.11. The topological polar surface area (TPSA) is 123 Å². The summed E-state index contributed by atoms with van der Waals surface area (Å²) in [7, 11) is 1.14. The first-order chi connectivity index (χ1) is 8.24. The van der Waals surface area contributed by atoms with Crippen molar-refractivity contribution in [3.8, 4) is 5.75 Å². The first-order valence-electron chi connectivity index (χ1n) is 3.95. The summed E-state index contributed by atoms with van der Waals surface area (Å²) in [5, 5.41) is 9.49. The summed E-state index contributed by atoms with van der Waals surface area (Å²) in [6, 6.07) is 0.817. The van der Waals surface area contributed by atoms with Crippen molar-refractivity contribution in [3.63, 3.8) is 0 Å². The second-order valence-electron chi connectivity index (χ2n) is 3.08.